The van der Waals surface area contributed by atoms with Gasteiger partial charge in [-0.1, -0.05) is 12.1 Å². The predicted molar refractivity (Wildman–Crippen MR) is 63.8 cm³/mol. The number of hydrogen-bond donors (Lipinski definition) is 1. The first-order valence-corrected chi connectivity index (χ1v) is 6.34. The molecule has 0 aliphatic rings. The van der Waals surface area contributed by atoms with Gasteiger partial charge in [0.1, 0.15) is 0 Å². The lowest BCUT2D eigenvalue weighted by atomic mass is 10.2. The molecule has 1 rings (SSSR count). The number of carbonyl (C=O) groups is 1. The second kappa shape index (κ2) is 5.09. The SMILES string of the molecule is CC(C)=NS(=O)(=O)c1ccc(CC(=O)O)cc1. The number of hydrogen-bond acceptors (Lipinski definition) is 3. The molecule has 0 aliphatic carbocycles. The molecule has 0 radical (unpaired) electrons. The van der Waals surface area contributed by atoms with Gasteiger partial charge in [0.15, 0.2) is 0 Å². The number of carboxylic acid groups (broad SMARTS) is 1. The van der Waals surface area contributed by atoms with Crippen LogP contribution in [0.25, 0.3) is 0 Å². The summed E-state index contributed by atoms with van der Waals surface area (Å²) in [5.41, 5.74) is 0.994. The average molecular weight is 255 g/mol. The van der Waals surface area contributed by atoms with E-state index in [1.165, 1.54) is 24.3 Å². The molecule has 0 bridgehead atoms. The Hall–Kier alpha value is -1.69. The van der Waals surface area contributed by atoms with Crippen LogP contribution in [0.2, 0.25) is 0 Å². The number of benzene rings is 1. The molecule has 0 heterocycles. The van der Waals surface area contributed by atoms with Crippen LogP contribution in [0.4, 0.5) is 0 Å². The first kappa shape index (κ1) is 13.4. The van der Waals surface area contributed by atoms with E-state index in [1.807, 2.05) is 0 Å². The van der Waals surface area contributed by atoms with E-state index in [4.69, 9.17) is 5.11 Å². The molecular formula is C11H13NO4S. The van der Waals surface area contributed by atoms with Gasteiger partial charge >= 0.3 is 5.97 Å². The van der Waals surface area contributed by atoms with E-state index in [0.29, 0.717) is 11.3 Å². The second-order valence-corrected chi connectivity index (χ2v) is 5.33. The molecule has 0 saturated carbocycles. The molecular weight excluding hydrogens is 242 g/mol. The summed E-state index contributed by atoms with van der Waals surface area (Å²) >= 11 is 0. The molecule has 17 heavy (non-hydrogen) atoms. The Kier molecular flexibility index (Phi) is 4.01. The van der Waals surface area contributed by atoms with Crippen molar-refractivity contribution in [2.75, 3.05) is 0 Å². The van der Waals surface area contributed by atoms with E-state index in [0.717, 1.165) is 0 Å². The summed E-state index contributed by atoms with van der Waals surface area (Å²) in [5.74, 6) is -0.956. The standard InChI is InChI=1S/C11H13NO4S/c1-8(2)12-17(15,16)10-5-3-9(4-6-10)7-11(13)14/h3-6H,7H2,1-2H3,(H,13,14). The minimum atomic E-state index is -3.66. The van der Waals surface area contributed by atoms with Crippen molar-refractivity contribution in [3.8, 4) is 0 Å². The van der Waals surface area contributed by atoms with Crippen LogP contribution < -0.4 is 0 Å². The fourth-order valence-electron chi connectivity index (χ4n) is 1.25. The summed E-state index contributed by atoms with van der Waals surface area (Å²) in [4.78, 5) is 10.5. The molecule has 1 aromatic carbocycles. The maximum absolute atomic E-state index is 11.7. The molecule has 1 aromatic rings. The summed E-state index contributed by atoms with van der Waals surface area (Å²) in [7, 11) is -3.66. The van der Waals surface area contributed by atoms with Crippen LogP contribution in [0.3, 0.4) is 0 Å². The van der Waals surface area contributed by atoms with Gasteiger partial charge in [0.25, 0.3) is 10.0 Å². The van der Waals surface area contributed by atoms with Crippen molar-refractivity contribution in [1.29, 1.82) is 0 Å². The molecule has 1 N–H and O–H groups in total. The first-order valence-electron chi connectivity index (χ1n) is 4.90. The van der Waals surface area contributed by atoms with Crippen LogP contribution in [0, 0.1) is 0 Å². The zero-order valence-electron chi connectivity index (χ0n) is 9.54. The van der Waals surface area contributed by atoms with Crippen molar-refractivity contribution >= 4 is 21.7 Å². The lowest BCUT2D eigenvalue weighted by Gasteiger charge is -2.01. The van der Waals surface area contributed by atoms with E-state index >= 15 is 0 Å². The average Bonchev–Trinajstić information content (AvgIpc) is 2.15. The first-order chi connectivity index (χ1) is 7.81. The zero-order valence-corrected chi connectivity index (χ0v) is 10.4. The van der Waals surface area contributed by atoms with E-state index in [2.05, 4.69) is 4.40 Å². The van der Waals surface area contributed by atoms with Crippen molar-refractivity contribution in [3.05, 3.63) is 29.8 Å². The van der Waals surface area contributed by atoms with Gasteiger partial charge < -0.3 is 5.11 Å². The molecule has 6 heteroatoms. The van der Waals surface area contributed by atoms with Crippen LogP contribution in [0.5, 0.6) is 0 Å². The molecule has 0 fully saturated rings. The van der Waals surface area contributed by atoms with E-state index in [-0.39, 0.29) is 11.3 Å². The summed E-state index contributed by atoms with van der Waals surface area (Å²) < 4.78 is 26.9. The highest BCUT2D eigenvalue weighted by Gasteiger charge is 2.12. The molecule has 92 valence electrons. The van der Waals surface area contributed by atoms with E-state index < -0.39 is 16.0 Å². The zero-order chi connectivity index (χ0) is 13.1. The molecule has 0 saturated heterocycles. The highest BCUT2D eigenvalue weighted by atomic mass is 32.2. The van der Waals surface area contributed by atoms with Crippen LogP contribution >= 0.6 is 0 Å². The van der Waals surface area contributed by atoms with E-state index in [1.54, 1.807) is 13.8 Å². The Morgan fingerprint density at radius 1 is 1.24 bits per heavy atom. The number of carboxylic acids is 1. The third-order valence-electron chi connectivity index (χ3n) is 1.88. The summed E-state index contributed by atoms with van der Waals surface area (Å²) in [6.45, 7) is 3.19. The van der Waals surface area contributed by atoms with Crippen molar-refractivity contribution in [3.63, 3.8) is 0 Å². The van der Waals surface area contributed by atoms with Gasteiger partial charge in [0.2, 0.25) is 0 Å². The molecule has 0 spiro atoms. The van der Waals surface area contributed by atoms with Crippen molar-refractivity contribution in [2.24, 2.45) is 4.40 Å². The number of sulfonamides is 1. The normalized spacial score (nSPS) is 10.9. The van der Waals surface area contributed by atoms with Gasteiger partial charge in [-0.2, -0.15) is 12.8 Å². The maximum Gasteiger partial charge on any atom is 0.307 e. The van der Waals surface area contributed by atoms with Gasteiger partial charge in [-0.25, -0.2) is 0 Å². The van der Waals surface area contributed by atoms with Crippen LogP contribution in [0.1, 0.15) is 19.4 Å². The monoisotopic (exact) mass is 255 g/mol. The maximum atomic E-state index is 11.7. The van der Waals surface area contributed by atoms with Gasteiger partial charge in [-0.05, 0) is 31.5 Å². The predicted octanol–water partition coefficient (Wildman–Crippen LogP) is 1.48. The number of nitrogens with zero attached hydrogens (tertiary/aromatic N) is 1. The van der Waals surface area contributed by atoms with Crippen molar-refractivity contribution in [2.45, 2.75) is 25.2 Å². The van der Waals surface area contributed by atoms with E-state index in [9.17, 15) is 13.2 Å². The Labute approximate surface area is 99.9 Å². The number of aliphatic carboxylic acids is 1. The molecule has 0 aliphatic heterocycles. The molecule has 5 nitrogen and oxygen atoms in total. The Bertz CT molecular complexity index is 539. The van der Waals surface area contributed by atoms with Gasteiger partial charge in [0.05, 0.1) is 11.3 Å². The van der Waals surface area contributed by atoms with Gasteiger partial charge in [-0.15, -0.1) is 0 Å². The van der Waals surface area contributed by atoms with Crippen molar-refractivity contribution < 1.29 is 18.3 Å². The lowest BCUT2D eigenvalue weighted by Crippen LogP contribution is -2.02. The Morgan fingerprint density at radius 2 is 1.76 bits per heavy atom. The summed E-state index contributed by atoms with van der Waals surface area (Å²) in [5, 5.41) is 8.57. The molecule has 0 unspecified atom stereocenters. The number of rotatable bonds is 4. The second-order valence-electron chi connectivity index (χ2n) is 3.73. The molecule has 0 amide bonds. The smallest absolute Gasteiger partial charge is 0.307 e. The Balaban J connectivity index is 3.03. The minimum absolute atomic E-state index is 0.0628. The van der Waals surface area contributed by atoms with Crippen LogP contribution in [-0.2, 0) is 21.2 Å². The molecule has 0 aromatic heterocycles. The molecule has 0 atom stereocenters. The summed E-state index contributed by atoms with van der Waals surface area (Å²) in [6.07, 6.45) is -0.129. The van der Waals surface area contributed by atoms with Crippen molar-refractivity contribution in [1.82, 2.24) is 0 Å². The van der Waals surface area contributed by atoms with Crippen LogP contribution in [0.15, 0.2) is 33.6 Å². The minimum Gasteiger partial charge on any atom is -0.481 e. The highest BCUT2D eigenvalue weighted by molar-refractivity contribution is 7.90. The third kappa shape index (κ3) is 3.99. The lowest BCUT2D eigenvalue weighted by molar-refractivity contribution is -0.136. The highest BCUT2D eigenvalue weighted by Crippen LogP contribution is 2.14. The van der Waals surface area contributed by atoms with Crippen LogP contribution in [-0.4, -0.2) is 25.2 Å². The summed E-state index contributed by atoms with van der Waals surface area (Å²) in [6, 6.07) is 5.67. The fourth-order valence-corrected chi connectivity index (χ4v) is 2.31. The third-order valence-corrected chi connectivity index (χ3v) is 3.35. The topological polar surface area (TPSA) is 83.8 Å². The van der Waals surface area contributed by atoms with Gasteiger partial charge in [0, 0.05) is 5.71 Å². The Morgan fingerprint density at radius 3 is 2.18 bits per heavy atom. The fraction of sp³-hybridized carbons (Fsp3) is 0.273. The van der Waals surface area contributed by atoms with Gasteiger partial charge in [-0.3, -0.25) is 4.79 Å². The quantitative estimate of drug-likeness (QED) is 0.826. The largest absolute Gasteiger partial charge is 0.481 e.